The van der Waals surface area contributed by atoms with Gasteiger partial charge in [-0.05, 0) is 80.6 Å². The Morgan fingerprint density at radius 2 is 1.66 bits per heavy atom. The highest BCUT2D eigenvalue weighted by molar-refractivity contribution is 7.89. The third-order valence-electron chi connectivity index (χ3n) is 5.33. The number of carbonyl (C=O) groups excluding carboxylic acids is 1. The Kier molecular flexibility index (Phi) is 8.15. The van der Waals surface area contributed by atoms with Crippen molar-refractivity contribution < 1.29 is 22.7 Å². The number of hydrogen-bond acceptors (Lipinski definition) is 5. The molecule has 2 aromatic carbocycles. The Bertz CT molecular complexity index is 995. The van der Waals surface area contributed by atoms with Crippen LogP contribution in [-0.4, -0.2) is 51.0 Å². The SMILES string of the molecule is CC[C@@H](Oc1cc(C)cc(C)c1)C(=O)NCCOc1ccc(S(=O)(=O)N2CCCC2)cc1. The summed E-state index contributed by atoms with van der Waals surface area (Å²) in [6.45, 7) is 7.63. The van der Waals surface area contributed by atoms with Crippen LogP contribution in [0.4, 0.5) is 0 Å². The van der Waals surface area contributed by atoms with Crippen molar-refractivity contribution in [3.63, 3.8) is 0 Å². The quantitative estimate of drug-likeness (QED) is 0.549. The largest absolute Gasteiger partial charge is 0.492 e. The first-order valence-electron chi connectivity index (χ1n) is 11.1. The molecule has 1 heterocycles. The van der Waals surface area contributed by atoms with Crippen LogP contribution >= 0.6 is 0 Å². The Morgan fingerprint density at radius 1 is 1.03 bits per heavy atom. The minimum Gasteiger partial charge on any atom is -0.492 e. The molecule has 1 aliphatic heterocycles. The van der Waals surface area contributed by atoms with Gasteiger partial charge in [0.25, 0.3) is 5.91 Å². The average Bonchev–Trinajstić information content (AvgIpc) is 3.30. The van der Waals surface area contributed by atoms with Crippen LogP contribution in [0.2, 0.25) is 0 Å². The maximum Gasteiger partial charge on any atom is 0.261 e. The van der Waals surface area contributed by atoms with Crippen LogP contribution in [-0.2, 0) is 14.8 Å². The number of benzene rings is 2. The first-order valence-corrected chi connectivity index (χ1v) is 12.5. The van der Waals surface area contributed by atoms with Gasteiger partial charge in [-0.3, -0.25) is 4.79 Å². The van der Waals surface area contributed by atoms with Gasteiger partial charge in [0, 0.05) is 13.1 Å². The lowest BCUT2D eigenvalue weighted by molar-refractivity contribution is -0.128. The fourth-order valence-electron chi connectivity index (χ4n) is 3.73. The molecule has 0 saturated carbocycles. The van der Waals surface area contributed by atoms with Crippen molar-refractivity contribution in [2.24, 2.45) is 0 Å². The molecular formula is C24H32N2O5S. The summed E-state index contributed by atoms with van der Waals surface area (Å²) in [6, 6.07) is 12.3. The summed E-state index contributed by atoms with van der Waals surface area (Å²) in [5.41, 5.74) is 2.17. The van der Waals surface area contributed by atoms with Crippen molar-refractivity contribution in [3.05, 3.63) is 53.6 Å². The normalized spacial score (nSPS) is 15.3. The number of nitrogens with zero attached hydrogens (tertiary/aromatic N) is 1. The van der Waals surface area contributed by atoms with E-state index in [-0.39, 0.29) is 17.4 Å². The zero-order chi connectivity index (χ0) is 23.1. The summed E-state index contributed by atoms with van der Waals surface area (Å²) in [4.78, 5) is 12.8. The first kappa shape index (κ1) is 24.1. The molecule has 0 aliphatic carbocycles. The monoisotopic (exact) mass is 460 g/mol. The molecule has 8 heteroatoms. The van der Waals surface area contributed by atoms with E-state index in [2.05, 4.69) is 11.4 Å². The summed E-state index contributed by atoms with van der Waals surface area (Å²) in [5.74, 6) is 1.05. The molecule has 1 N–H and O–H groups in total. The molecule has 1 atom stereocenters. The molecule has 1 saturated heterocycles. The van der Waals surface area contributed by atoms with Gasteiger partial charge in [-0.2, -0.15) is 4.31 Å². The van der Waals surface area contributed by atoms with E-state index >= 15 is 0 Å². The van der Waals surface area contributed by atoms with Crippen LogP contribution in [0.15, 0.2) is 47.4 Å². The zero-order valence-electron chi connectivity index (χ0n) is 19.0. The van der Waals surface area contributed by atoms with Crippen LogP contribution in [0, 0.1) is 13.8 Å². The molecule has 1 fully saturated rings. The molecule has 0 aromatic heterocycles. The first-order chi connectivity index (χ1) is 15.3. The molecule has 1 aliphatic rings. The molecule has 1 amide bonds. The molecule has 0 bridgehead atoms. The molecule has 2 aromatic rings. The van der Waals surface area contributed by atoms with Crippen molar-refractivity contribution in [3.8, 4) is 11.5 Å². The fourth-order valence-corrected chi connectivity index (χ4v) is 5.25. The predicted molar refractivity (Wildman–Crippen MR) is 124 cm³/mol. The number of hydrogen-bond donors (Lipinski definition) is 1. The van der Waals surface area contributed by atoms with Gasteiger partial charge in [0.1, 0.15) is 18.1 Å². The summed E-state index contributed by atoms with van der Waals surface area (Å²) in [5, 5.41) is 2.83. The van der Waals surface area contributed by atoms with Gasteiger partial charge < -0.3 is 14.8 Å². The second kappa shape index (κ2) is 10.8. The molecule has 32 heavy (non-hydrogen) atoms. The highest BCUT2D eigenvalue weighted by atomic mass is 32.2. The lowest BCUT2D eigenvalue weighted by Gasteiger charge is -2.18. The molecule has 0 spiro atoms. The van der Waals surface area contributed by atoms with E-state index in [1.807, 2.05) is 32.9 Å². The third-order valence-corrected chi connectivity index (χ3v) is 7.25. The van der Waals surface area contributed by atoms with Crippen molar-refractivity contribution in [1.82, 2.24) is 9.62 Å². The molecule has 0 radical (unpaired) electrons. The van der Waals surface area contributed by atoms with E-state index in [9.17, 15) is 13.2 Å². The van der Waals surface area contributed by atoms with E-state index in [4.69, 9.17) is 9.47 Å². The number of nitrogens with one attached hydrogen (secondary N) is 1. The van der Waals surface area contributed by atoms with Gasteiger partial charge in [0.15, 0.2) is 6.10 Å². The second-order valence-electron chi connectivity index (χ2n) is 8.06. The Balaban J connectivity index is 1.46. The lowest BCUT2D eigenvalue weighted by Crippen LogP contribution is -2.39. The Labute approximate surface area is 190 Å². The highest BCUT2D eigenvalue weighted by Gasteiger charge is 2.27. The summed E-state index contributed by atoms with van der Waals surface area (Å²) < 4.78 is 38.2. The molecular weight excluding hydrogens is 428 g/mol. The van der Waals surface area contributed by atoms with Gasteiger partial charge in [0.2, 0.25) is 10.0 Å². The maximum absolute atomic E-state index is 12.6. The molecule has 174 valence electrons. The van der Waals surface area contributed by atoms with Crippen molar-refractivity contribution in [1.29, 1.82) is 0 Å². The van der Waals surface area contributed by atoms with Gasteiger partial charge in [0.05, 0.1) is 11.4 Å². The number of rotatable bonds is 10. The standard InChI is InChI=1S/C24H32N2O5S/c1-4-23(31-21-16-18(2)15-19(3)17-21)24(27)25-11-14-30-20-7-9-22(10-8-20)32(28,29)26-12-5-6-13-26/h7-10,15-17,23H,4-6,11-14H2,1-3H3,(H,25,27)/t23-/m1/s1. The highest BCUT2D eigenvalue weighted by Crippen LogP contribution is 2.23. The Hall–Kier alpha value is -2.58. The zero-order valence-corrected chi connectivity index (χ0v) is 19.8. The number of aryl methyl sites for hydroxylation is 2. The molecule has 0 unspecified atom stereocenters. The minimum atomic E-state index is -3.43. The van der Waals surface area contributed by atoms with Crippen LogP contribution < -0.4 is 14.8 Å². The third kappa shape index (κ3) is 6.23. The van der Waals surface area contributed by atoms with E-state index in [0.717, 1.165) is 24.0 Å². The minimum absolute atomic E-state index is 0.192. The average molecular weight is 461 g/mol. The van der Waals surface area contributed by atoms with Crippen molar-refractivity contribution in [2.45, 2.75) is 51.0 Å². The summed E-state index contributed by atoms with van der Waals surface area (Å²) in [7, 11) is -3.43. The smallest absolute Gasteiger partial charge is 0.261 e. The van der Waals surface area contributed by atoms with E-state index < -0.39 is 16.1 Å². The van der Waals surface area contributed by atoms with Gasteiger partial charge >= 0.3 is 0 Å². The van der Waals surface area contributed by atoms with Gasteiger partial charge in [-0.1, -0.05) is 13.0 Å². The number of ether oxygens (including phenoxy) is 2. The van der Waals surface area contributed by atoms with Crippen molar-refractivity contribution in [2.75, 3.05) is 26.2 Å². The lowest BCUT2D eigenvalue weighted by atomic mass is 10.1. The van der Waals surface area contributed by atoms with Gasteiger partial charge in [-0.15, -0.1) is 0 Å². The topological polar surface area (TPSA) is 84.9 Å². The number of amides is 1. The fraction of sp³-hybridized carbons (Fsp3) is 0.458. The van der Waals surface area contributed by atoms with Crippen LogP contribution in [0.5, 0.6) is 11.5 Å². The van der Waals surface area contributed by atoms with Gasteiger partial charge in [-0.25, -0.2) is 8.42 Å². The van der Waals surface area contributed by atoms with E-state index in [1.165, 1.54) is 4.31 Å². The maximum atomic E-state index is 12.6. The predicted octanol–water partition coefficient (Wildman–Crippen LogP) is 3.44. The molecule has 7 nitrogen and oxygen atoms in total. The molecule has 3 rings (SSSR count). The van der Waals surface area contributed by atoms with Crippen LogP contribution in [0.25, 0.3) is 0 Å². The Morgan fingerprint density at radius 3 is 2.25 bits per heavy atom. The van der Waals surface area contributed by atoms with Crippen molar-refractivity contribution >= 4 is 15.9 Å². The number of sulfonamides is 1. The van der Waals surface area contributed by atoms with E-state index in [0.29, 0.717) is 37.6 Å². The van der Waals surface area contributed by atoms with Crippen LogP contribution in [0.3, 0.4) is 0 Å². The summed E-state index contributed by atoms with van der Waals surface area (Å²) >= 11 is 0. The summed E-state index contributed by atoms with van der Waals surface area (Å²) in [6.07, 6.45) is 1.78. The van der Waals surface area contributed by atoms with Crippen LogP contribution in [0.1, 0.15) is 37.3 Å². The second-order valence-corrected chi connectivity index (χ2v) is 10.00. The van der Waals surface area contributed by atoms with E-state index in [1.54, 1.807) is 24.3 Å². The number of carbonyl (C=O) groups is 1.